The van der Waals surface area contributed by atoms with Crippen molar-refractivity contribution in [2.75, 3.05) is 13.7 Å². The third-order valence-electron chi connectivity index (χ3n) is 6.45. The topological polar surface area (TPSA) is 89.3 Å². The predicted octanol–water partition coefficient (Wildman–Crippen LogP) is 6.25. The molecule has 3 aromatic carbocycles. The molecule has 5 aromatic rings. The maximum absolute atomic E-state index is 13.0. The smallest absolute Gasteiger partial charge is 0.251 e. The van der Waals surface area contributed by atoms with Crippen LogP contribution in [0.25, 0.3) is 28.2 Å². The molecule has 2 heterocycles. The Hall–Kier alpha value is -4.17. The Kier molecular flexibility index (Phi) is 8.45. The number of ether oxygens (including phenoxy) is 1. The average molecular weight is 573 g/mol. The van der Waals surface area contributed by atoms with E-state index in [1.807, 2.05) is 60.7 Å². The van der Waals surface area contributed by atoms with Crippen molar-refractivity contribution in [3.63, 3.8) is 0 Å². The second-order valence-electron chi connectivity index (χ2n) is 9.15. The van der Waals surface area contributed by atoms with E-state index in [-0.39, 0.29) is 12.5 Å². The van der Waals surface area contributed by atoms with Crippen LogP contribution < -0.4 is 10.1 Å². The Morgan fingerprint density at radius 1 is 0.975 bits per heavy atom. The number of aliphatic hydroxyl groups excluding tert-OH is 1. The number of carbonyl (C=O) groups excluding carboxylic acids is 1. The molecule has 0 aliphatic heterocycles. The van der Waals surface area contributed by atoms with Crippen LogP contribution in [0.2, 0.25) is 10.0 Å². The number of nitrogens with zero attached hydrogens (tertiary/aromatic N) is 3. The average Bonchev–Trinajstić information content (AvgIpc) is 3.45. The van der Waals surface area contributed by atoms with Crippen molar-refractivity contribution in [1.82, 2.24) is 20.1 Å². The minimum atomic E-state index is -0.432. The Labute approximate surface area is 242 Å². The van der Waals surface area contributed by atoms with Crippen molar-refractivity contribution in [2.45, 2.75) is 12.5 Å². The van der Waals surface area contributed by atoms with Gasteiger partial charge >= 0.3 is 0 Å². The van der Waals surface area contributed by atoms with E-state index in [1.54, 1.807) is 48.5 Å². The van der Waals surface area contributed by atoms with Crippen molar-refractivity contribution in [1.29, 1.82) is 0 Å². The molecule has 1 amide bonds. The summed E-state index contributed by atoms with van der Waals surface area (Å²) in [5.41, 5.74) is 5.45. The number of hydrogen-bond acceptors (Lipinski definition) is 5. The van der Waals surface area contributed by atoms with E-state index in [0.29, 0.717) is 22.0 Å². The van der Waals surface area contributed by atoms with Gasteiger partial charge < -0.3 is 15.2 Å². The molecule has 40 heavy (non-hydrogen) atoms. The standard InChI is InChI=1S/C31H26Cl2N4O3/c1-40-26-11-4-20(5-12-26)15-24(19-38)35-31(39)22-8-6-21(7-9-22)30-17-29(23-3-2-14-34-18-23)36-37(30)25-10-13-27(32)28(33)16-25/h2-14,16-18,24,38H,15,19H2,1H3,(H,35,39)/t24-/m0/s1. The number of benzene rings is 3. The summed E-state index contributed by atoms with van der Waals surface area (Å²) < 4.78 is 6.98. The highest BCUT2D eigenvalue weighted by molar-refractivity contribution is 6.42. The molecule has 5 rings (SSSR count). The van der Waals surface area contributed by atoms with E-state index in [9.17, 15) is 9.90 Å². The Bertz CT molecular complexity index is 1600. The van der Waals surface area contributed by atoms with Gasteiger partial charge in [-0.05, 0) is 72.6 Å². The molecule has 0 aliphatic rings. The second-order valence-corrected chi connectivity index (χ2v) is 9.96. The highest BCUT2D eigenvalue weighted by Gasteiger charge is 2.17. The second kappa shape index (κ2) is 12.3. The van der Waals surface area contributed by atoms with E-state index in [4.69, 9.17) is 33.0 Å². The van der Waals surface area contributed by atoms with Gasteiger partial charge in [-0.25, -0.2) is 4.68 Å². The Morgan fingerprint density at radius 3 is 2.40 bits per heavy atom. The minimum absolute atomic E-state index is 0.185. The number of amides is 1. The van der Waals surface area contributed by atoms with Crippen molar-refractivity contribution < 1.29 is 14.6 Å². The fourth-order valence-electron chi connectivity index (χ4n) is 4.32. The molecule has 2 aromatic heterocycles. The van der Waals surface area contributed by atoms with Crippen LogP contribution in [0.15, 0.2) is 97.3 Å². The van der Waals surface area contributed by atoms with E-state index in [2.05, 4.69) is 10.3 Å². The van der Waals surface area contributed by atoms with E-state index >= 15 is 0 Å². The molecular formula is C31H26Cl2N4O3. The molecule has 0 bridgehead atoms. The van der Waals surface area contributed by atoms with Crippen LogP contribution in [0.5, 0.6) is 5.75 Å². The molecule has 0 saturated heterocycles. The molecule has 0 fully saturated rings. The minimum Gasteiger partial charge on any atom is -0.497 e. The summed E-state index contributed by atoms with van der Waals surface area (Å²) in [7, 11) is 1.61. The first kappa shape index (κ1) is 27.4. The molecule has 7 nitrogen and oxygen atoms in total. The van der Waals surface area contributed by atoms with Gasteiger partial charge in [-0.2, -0.15) is 5.10 Å². The molecule has 9 heteroatoms. The zero-order chi connectivity index (χ0) is 28.1. The first-order valence-corrected chi connectivity index (χ1v) is 13.3. The van der Waals surface area contributed by atoms with Gasteiger partial charge in [0.05, 0.1) is 46.9 Å². The van der Waals surface area contributed by atoms with Crippen LogP contribution in [-0.2, 0) is 6.42 Å². The molecular weight excluding hydrogens is 547 g/mol. The lowest BCUT2D eigenvalue weighted by atomic mass is 10.0. The Balaban J connectivity index is 1.39. The number of aliphatic hydroxyl groups is 1. The van der Waals surface area contributed by atoms with Gasteiger partial charge in [0.1, 0.15) is 5.75 Å². The highest BCUT2D eigenvalue weighted by atomic mass is 35.5. The van der Waals surface area contributed by atoms with E-state index < -0.39 is 6.04 Å². The quantitative estimate of drug-likeness (QED) is 0.218. The first-order valence-electron chi connectivity index (χ1n) is 12.6. The number of rotatable bonds is 9. The Morgan fingerprint density at radius 2 is 1.75 bits per heavy atom. The summed E-state index contributed by atoms with van der Waals surface area (Å²) in [6.07, 6.45) is 3.95. The third kappa shape index (κ3) is 6.18. The number of methoxy groups -OCH3 is 1. The number of pyridine rings is 1. The molecule has 202 valence electrons. The van der Waals surface area contributed by atoms with Gasteiger partial charge in [0.15, 0.2) is 0 Å². The molecule has 1 atom stereocenters. The first-order chi connectivity index (χ1) is 19.4. The van der Waals surface area contributed by atoms with Gasteiger partial charge in [-0.15, -0.1) is 0 Å². The van der Waals surface area contributed by atoms with Gasteiger partial charge in [0.25, 0.3) is 5.91 Å². The molecule has 0 saturated carbocycles. The normalized spacial score (nSPS) is 11.7. The van der Waals surface area contributed by atoms with Gasteiger partial charge in [0, 0.05) is 29.1 Å². The van der Waals surface area contributed by atoms with Gasteiger partial charge in [0.2, 0.25) is 0 Å². The largest absolute Gasteiger partial charge is 0.497 e. The number of carbonyl (C=O) groups is 1. The molecule has 0 spiro atoms. The van der Waals surface area contributed by atoms with Crippen LogP contribution in [0, 0.1) is 0 Å². The summed E-state index contributed by atoms with van der Waals surface area (Å²) in [4.78, 5) is 17.2. The van der Waals surface area contributed by atoms with Crippen molar-refractivity contribution in [3.05, 3.63) is 118 Å². The third-order valence-corrected chi connectivity index (χ3v) is 7.19. The van der Waals surface area contributed by atoms with Gasteiger partial charge in [-0.1, -0.05) is 47.5 Å². The van der Waals surface area contributed by atoms with Crippen LogP contribution in [-0.4, -0.2) is 45.5 Å². The van der Waals surface area contributed by atoms with Gasteiger partial charge in [-0.3, -0.25) is 9.78 Å². The maximum Gasteiger partial charge on any atom is 0.251 e. The van der Waals surface area contributed by atoms with Crippen molar-refractivity contribution in [3.8, 4) is 34.0 Å². The SMILES string of the molecule is COc1ccc(C[C@@H](CO)NC(=O)c2ccc(-c3cc(-c4cccnc4)nn3-c3ccc(Cl)c(Cl)c3)cc2)cc1. The van der Waals surface area contributed by atoms with Crippen molar-refractivity contribution >= 4 is 29.1 Å². The molecule has 0 radical (unpaired) electrons. The lowest BCUT2D eigenvalue weighted by Gasteiger charge is -2.17. The van der Waals surface area contributed by atoms with Crippen LogP contribution in [0.3, 0.4) is 0 Å². The molecule has 2 N–H and O–H groups in total. The number of hydrogen-bond donors (Lipinski definition) is 2. The zero-order valence-corrected chi connectivity index (χ0v) is 23.1. The zero-order valence-electron chi connectivity index (χ0n) is 21.6. The monoisotopic (exact) mass is 572 g/mol. The number of nitrogens with one attached hydrogen (secondary N) is 1. The van der Waals surface area contributed by atoms with Crippen LogP contribution in [0.4, 0.5) is 0 Å². The van der Waals surface area contributed by atoms with E-state index in [0.717, 1.165) is 39.5 Å². The summed E-state index contributed by atoms with van der Waals surface area (Å²) in [6.45, 7) is -0.185. The number of halogens is 2. The number of aromatic nitrogens is 3. The lowest BCUT2D eigenvalue weighted by molar-refractivity contribution is 0.0916. The lowest BCUT2D eigenvalue weighted by Crippen LogP contribution is -2.39. The summed E-state index contributed by atoms with van der Waals surface area (Å²) >= 11 is 12.5. The highest BCUT2D eigenvalue weighted by Crippen LogP contribution is 2.31. The molecule has 0 aliphatic carbocycles. The summed E-state index contributed by atoms with van der Waals surface area (Å²) in [5.74, 6) is 0.481. The predicted molar refractivity (Wildman–Crippen MR) is 157 cm³/mol. The molecule has 0 unspecified atom stereocenters. The van der Waals surface area contributed by atoms with Crippen LogP contribution >= 0.6 is 23.2 Å². The van der Waals surface area contributed by atoms with E-state index in [1.165, 1.54) is 0 Å². The van der Waals surface area contributed by atoms with Crippen LogP contribution in [0.1, 0.15) is 15.9 Å². The fourth-order valence-corrected chi connectivity index (χ4v) is 4.62. The summed E-state index contributed by atoms with van der Waals surface area (Å²) in [6, 6.07) is 25.4. The maximum atomic E-state index is 13.0. The fraction of sp³-hybridized carbons (Fsp3) is 0.129. The summed E-state index contributed by atoms with van der Waals surface area (Å²) in [5, 5.41) is 18.5. The van der Waals surface area contributed by atoms with Crippen molar-refractivity contribution in [2.24, 2.45) is 0 Å².